The predicted molar refractivity (Wildman–Crippen MR) is 107 cm³/mol. The Hall–Kier alpha value is -2.93. The standard InChI is InChI=1S/C20H19BrN4O2/c1-13-18(12-24-25(13)17-8-6-16(21)7-9-17)20(27)23-11-14-4-3-5-15(10-14)19(26)22-2/h3-10,12H,11H2,1-2H3,(H,22,26)(H,23,27). The summed E-state index contributed by atoms with van der Waals surface area (Å²) < 4.78 is 2.71. The van der Waals surface area contributed by atoms with Crippen molar-refractivity contribution in [3.8, 4) is 5.69 Å². The van der Waals surface area contributed by atoms with Crippen molar-refractivity contribution in [2.75, 3.05) is 7.05 Å². The Morgan fingerprint density at radius 2 is 1.85 bits per heavy atom. The molecule has 0 spiro atoms. The van der Waals surface area contributed by atoms with Crippen LogP contribution in [0.25, 0.3) is 5.69 Å². The number of amides is 2. The monoisotopic (exact) mass is 426 g/mol. The highest BCUT2D eigenvalue weighted by Gasteiger charge is 2.15. The van der Waals surface area contributed by atoms with Gasteiger partial charge in [-0.05, 0) is 48.9 Å². The van der Waals surface area contributed by atoms with Crippen molar-refractivity contribution in [2.45, 2.75) is 13.5 Å². The third-order valence-electron chi connectivity index (χ3n) is 4.19. The first-order valence-electron chi connectivity index (χ1n) is 8.39. The van der Waals surface area contributed by atoms with E-state index in [9.17, 15) is 9.59 Å². The molecule has 6 nitrogen and oxygen atoms in total. The molecule has 7 heteroatoms. The van der Waals surface area contributed by atoms with Crippen LogP contribution < -0.4 is 10.6 Å². The average molecular weight is 427 g/mol. The highest BCUT2D eigenvalue weighted by atomic mass is 79.9. The Morgan fingerprint density at radius 1 is 1.11 bits per heavy atom. The van der Waals surface area contributed by atoms with Gasteiger partial charge in [0.25, 0.3) is 11.8 Å². The van der Waals surface area contributed by atoms with Crippen LogP contribution in [0.3, 0.4) is 0 Å². The van der Waals surface area contributed by atoms with Crippen molar-refractivity contribution in [3.63, 3.8) is 0 Å². The van der Waals surface area contributed by atoms with Gasteiger partial charge in [0.05, 0.1) is 23.1 Å². The molecule has 0 saturated carbocycles. The molecule has 0 radical (unpaired) electrons. The fourth-order valence-corrected chi connectivity index (χ4v) is 2.98. The van der Waals surface area contributed by atoms with E-state index >= 15 is 0 Å². The zero-order valence-electron chi connectivity index (χ0n) is 15.0. The van der Waals surface area contributed by atoms with Crippen LogP contribution in [0.15, 0.2) is 59.2 Å². The number of rotatable bonds is 5. The number of hydrogen-bond acceptors (Lipinski definition) is 3. The Labute approximate surface area is 165 Å². The Morgan fingerprint density at radius 3 is 2.56 bits per heavy atom. The first-order valence-corrected chi connectivity index (χ1v) is 9.18. The summed E-state index contributed by atoms with van der Waals surface area (Å²) in [6.45, 7) is 2.18. The average Bonchev–Trinajstić information content (AvgIpc) is 3.07. The van der Waals surface area contributed by atoms with Crippen LogP contribution >= 0.6 is 15.9 Å². The number of halogens is 1. The van der Waals surface area contributed by atoms with Gasteiger partial charge in [0, 0.05) is 23.6 Å². The van der Waals surface area contributed by atoms with E-state index in [-0.39, 0.29) is 11.8 Å². The molecule has 0 bridgehead atoms. The summed E-state index contributed by atoms with van der Waals surface area (Å²) in [7, 11) is 1.59. The minimum atomic E-state index is -0.207. The molecule has 0 fully saturated rings. The first-order chi connectivity index (χ1) is 13.0. The van der Waals surface area contributed by atoms with E-state index in [2.05, 4.69) is 31.7 Å². The molecule has 1 heterocycles. The lowest BCUT2D eigenvalue weighted by Gasteiger charge is -2.08. The molecule has 3 rings (SSSR count). The fraction of sp³-hybridized carbons (Fsp3) is 0.150. The topological polar surface area (TPSA) is 76.0 Å². The van der Waals surface area contributed by atoms with Gasteiger partial charge in [-0.3, -0.25) is 9.59 Å². The number of nitrogens with zero attached hydrogens (tertiary/aromatic N) is 2. The Bertz CT molecular complexity index is 980. The lowest BCUT2D eigenvalue weighted by molar-refractivity contribution is 0.0948. The summed E-state index contributed by atoms with van der Waals surface area (Å²) >= 11 is 3.41. The van der Waals surface area contributed by atoms with Gasteiger partial charge in [-0.15, -0.1) is 0 Å². The predicted octanol–water partition coefficient (Wildman–Crippen LogP) is 3.23. The van der Waals surface area contributed by atoms with E-state index in [4.69, 9.17) is 0 Å². The normalized spacial score (nSPS) is 10.5. The van der Waals surface area contributed by atoms with E-state index in [1.807, 2.05) is 37.3 Å². The summed E-state index contributed by atoms with van der Waals surface area (Å²) in [5.74, 6) is -0.365. The molecule has 0 saturated heterocycles. The van der Waals surface area contributed by atoms with Crippen molar-refractivity contribution in [1.82, 2.24) is 20.4 Å². The quantitative estimate of drug-likeness (QED) is 0.657. The van der Waals surface area contributed by atoms with Crippen LogP contribution in [-0.2, 0) is 6.54 Å². The highest BCUT2D eigenvalue weighted by molar-refractivity contribution is 9.10. The van der Waals surface area contributed by atoms with Gasteiger partial charge in [0.15, 0.2) is 0 Å². The molecule has 2 N–H and O–H groups in total. The molecular formula is C20H19BrN4O2. The molecule has 2 amide bonds. The van der Waals surface area contributed by atoms with Crippen LogP contribution in [0.1, 0.15) is 32.0 Å². The summed E-state index contributed by atoms with van der Waals surface area (Å²) in [5, 5.41) is 9.80. The van der Waals surface area contributed by atoms with E-state index in [1.165, 1.54) is 0 Å². The molecule has 138 valence electrons. The molecule has 2 aromatic carbocycles. The molecule has 0 aliphatic rings. The van der Waals surface area contributed by atoms with Crippen LogP contribution in [0.2, 0.25) is 0 Å². The summed E-state index contributed by atoms with van der Waals surface area (Å²) in [6.07, 6.45) is 1.56. The second-order valence-electron chi connectivity index (χ2n) is 5.99. The number of carbonyl (C=O) groups is 2. The van der Waals surface area contributed by atoms with Crippen molar-refractivity contribution >= 4 is 27.7 Å². The minimum absolute atomic E-state index is 0.158. The maximum Gasteiger partial charge on any atom is 0.255 e. The lowest BCUT2D eigenvalue weighted by atomic mass is 10.1. The van der Waals surface area contributed by atoms with Crippen LogP contribution in [0.5, 0.6) is 0 Å². The second kappa shape index (κ2) is 8.18. The third kappa shape index (κ3) is 4.25. The van der Waals surface area contributed by atoms with Gasteiger partial charge in [0.2, 0.25) is 0 Å². The van der Waals surface area contributed by atoms with Crippen molar-refractivity contribution in [3.05, 3.63) is 81.6 Å². The van der Waals surface area contributed by atoms with Gasteiger partial charge < -0.3 is 10.6 Å². The largest absolute Gasteiger partial charge is 0.355 e. The van der Waals surface area contributed by atoms with Crippen LogP contribution in [-0.4, -0.2) is 28.6 Å². The molecule has 27 heavy (non-hydrogen) atoms. The van der Waals surface area contributed by atoms with Gasteiger partial charge >= 0.3 is 0 Å². The molecule has 0 atom stereocenters. The fourth-order valence-electron chi connectivity index (χ4n) is 2.72. The van der Waals surface area contributed by atoms with E-state index in [0.29, 0.717) is 17.7 Å². The Balaban J connectivity index is 1.72. The maximum absolute atomic E-state index is 12.6. The van der Waals surface area contributed by atoms with E-state index < -0.39 is 0 Å². The van der Waals surface area contributed by atoms with Gasteiger partial charge in [0.1, 0.15) is 0 Å². The number of carbonyl (C=O) groups excluding carboxylic acids is 2. The van der Waals surface area contributed by atoms with E-state index in [0.717, 1.165) is 21.4 Å². The number of benzene rings is 2. The first kappa shape index (κ1) is 18.8. The third-order valence-corrected chi connectivity index (χ3v) is 4.72. The SMILES string of the molecule is CNC(=O)c1cccc(CNC(=O)c2cnn(-c3ccc(Br)cc3)c2C)c1. The zero-order chi connectivity index (χ0) is 19.4. The summed E-state index contributed by atoms with van der Waals surface area (Å²) in [6, 6.07) is 14.9. The van der Waals surface area contributed by atoms with Gasteiger partial charge in [-0.2, -0.15) is 5.10 Å². The van der Waals surface area contributed by atoms with Crippen molar-refractivity contribution < 1.29 is 9.59 Å². The van der Waals surface area contributed by atoms with Gasteiger partial charge in [-0.1, -0.05) is 28.1 Å². The summed E-state index contributed by atoms with van der Waals surface area (Å²) in [5.41, 5.74) is 3.56. The Kier molecular flexibility index (Phi) is 5.71. The van der Waals surface area contributed by atoms with Crippen LogP contribution in [0.4, 0.5) is 0 Å². The van der Waals surface area contributed by atoms with E-state index in [1.54, 1.807) is 36.1 Å². The molecule has 3 aromatic rings. The maximum atomic E-state index is 12.6. The molecule has 0 aliphatic heterocycles. The number of nitrogens with one attached hydrogen (secondary N) is 2. The minimum Gasteiger partial charge on any atom is -0.355 e. The highest BCUT2D eigenvalue weighted by Crippen LogP contribution is 2.17. The second-order valence-corrected chi connectivity index (χ2v) is 6.91. The smallest absolute Gasteiger partial charge is 0.255 e. The van der Waals surface area contributed by atoms with Crippen molar-refractivity contribution in [1.29, 1.82) is 0 Å². The molecule has 0 aliphatic carbocycles. The zero-order valence-corrected chi connectivity index (χ0v) is 16.6. The van der Waals surface area contributed by atoms with Crippen molar-refractivity contribution in [2.24, 2.45) is 0 Å². The lowest BCUT2D eigenvalue weighted by Crippen LogP contribution is -2.24. The number of hydrogen-bond donors (Lipinski definition) is 2. The molecule has 0 unspecified atom stereocenters. The summed E-state index contributed by atoms with van der Waals surface area (Å²) in [4.78, 5) is 24.3. The molecular weight excluding hydrogens is 408 g/mol. The van der Waals surface area contributed by atoms with Gasteiger partial charge in [-0.25, -0.2) is 4.68 Å². The molecule has 1 aromatic heterocycles. The van der Waals surface area contributed by atoms with Crippen LogP contribution in [0, 0.1) is 6.92 Å². The number of aromatic nitrogens is 2.